The molecule has 0 bridgehead atoms. The van der Waals surface area contributed by atoms with Gasteiger partial charge in [-0.25, -0.2) is 23.8 Å². The fourth-order valence-corrected chi connectivity index (χ4v) is 6.54. The van der Waals surface area contributed by atoms with Crippen LogP contribution in [0, 0.1) is 44.5 Å². The van der Waals surface area contributed by atoms with Gasteiger partial charge in [0.25, 0.3) is 11.1 Å². The van der Waals surface area contributed by atoms with Gasteiger partial charge in [0.15, 0.2) is 0 Å². The van der Waals surface area contributed by atoms with Gasteiger partial charge in [0.1, 0.15) is 28.3 Å². The van der Waals surface area contributed by atoms with Gasteiger partial charge in [0.05, 0.1) is 77.2 Å². The maximum atomic E-state index is 13.6. The van der Waals surface area contributed by atoms with Crippen LogP contribution in [0.15, 0.2) is 82.9 Å². The number of amides is 1. The first kappa shape index (κ1) is 38.2. The summed E-state index contributed by atoms with van der Waals surface area (Å²) in [6.07, 6.45) is 6.23. The summed E-state index contributed by atoms with van der Waals surface area (Å²) >= 11 is 0. The van der Waals surface area contributed by atoms with Crippen LogP contribution in [-0.2, 0) is 11.3 Å². The van der Waals surface area contributed by atoms with Gasteiger partial charge in [0, 0.05) is 35.7 Å². The first-order chi connectivity index (χ1) is 28.2. The third-order valence-electron chi connectivity index (χ3n) is 9.09. The van der Waals surface area contributed by atoms with Crippen LogP contribution in [0.1, 0.15) is 54.7 Å². The second kappa shape index (κ2) is 15.0. The van der Waals surface area contributed by atoms with E-state index in [0.29, 0.717) is 62.1 Å². The minimum absolute atomic E-state index is 0.0237. The highest BCUT2D eigenvalue weighted by molar-refractivity contribution is 5.71. The van der Waals surface area contributed by atoms with E-state index in [-0.39, 0.29) is 30.8 Å². The van der Waals surface area contributed by atoms with Crippen molar-refractivity contribution in [2.24, 2.45) is 5.73 Å². The summed E-state index contributed by atoms with van der Waals surface area (Å²) in [4.78, 5) is 60.2. The lowest BCUT2D eigenvalue weighted by atomic mass is 10.2. The lowest BCUT2D eigenvalue weighted by Gasteiger charge is -2.26. The Morgan fingerprint density at radius 2 is 1.25 bits per heavy atom. The SMILES string of the molecule is Cc1cn2nc(-c3cc(=O)n4cc(C#CCN(Cc5nc(C)cn6nc(-c7cc(=O)n8cc(C#CCN)ccc8n7)cc56)C(=O)OC(C)(C)C)ccc4n3)cc2c(C)n1. The van der Waals surface area contributed by atoms with Crippen molar-refractivity contribution in [1.82, 2.24) is 52.9 Å². The molecule has 2 N–H and O–H groups in total. The molecule has 8 aromatic rings. The molecule has 16 heteroatoms. The van der Waals surface area contributed by atoms with Gasteiger partial charge in [-0.1, -0.05) is 23.7 Å². The van der Waals surface area contributed by atoms with Crippen LogP contribution in [0.4, 0.5) is 4.79 Å². The van der Waals surface area contributed by atoms with Crippen molar-refractivity contribution < 1.29 is 9.53 Å². The van der Waals surface area contributed by atoms with Crippen LogP contribution in [0.25, 0.3) is 45.1 Å². The van der Waals surface area contributed by atoms with Crippen molar-refractivity contribution in [3.8, 4) is 46.5 Å². The van der Waals surface area contributed by atoms with Gasteiger partial charge in [-0.3, -0.25) is 33.3 Å². The Labute approximate surface area is 337 Å². The standard InChI is InChI=1S/C43H38N12O4/c1-26-21-54-36(28(3)45-26)17-33(49-54)31-19-40(56)53-24-30(12-14-39(53)47-31)10-8-16-51(42(58)59-43(4,5)6)25-35-37-18-34(50-55(37)22-27(2)46-35)32-20-41(57)52-23-29(9-7-15-44)11-13-38(52)48-32/h11-14,17-24H,15-16,25,44H2,1-6H3. The molecule has 16 nitrogen and oxygen atoms in total. The third kappa shape index (κ3) is 7.98. The van der Waals surface area contributed by atoms with E-state index in [4.69, 9.17) is 25.5 Å². The molecule has 8 rings (SSSR count). The number of aromatic nitrogens is 10. The maximum absolute atomic E-state index is 13.6. The zero-order chi connectivity index (χ0) is 41.6. The summed E-state index contributed by atoms with van der Waals surface area (Å²) in [6.45, 7) is 11.2. The van der Waals surface area contributed by atoms with Crippen molar-refractivity contribution >= 4 is 28.4 Å². The molecule has 294 valence electrons. The number of hydrogen-bond donors (Lipinski definition) is 1. The first-order valence-electron chi connectivity index (χ1n) is 18.6. The molecule has 8 aromatic heterocycles. The molecule has 0 aromatic carbocycles. The Morgan fingerprint density at radius 3 is 1.83 bits per heavy atom. The summed E-state index contributed by atoms with van der Waals surface area (Å²) in [6, 6.07) is 13.5. The molecule has 0 atom stereocenters. The first-order valence-corrected chi connectivity index (χ1v) is 18.6. The van der Waals surface area contributed by atoms with E-state index in [9.17, 15) is 14.4 Å². The van der Waals surface area contributed by atoms with E-state index in [0.717, 1.165) is 16.9 Å². The predicted octanol–water partition coefficient (Wildman–Crippen LogP) is 4.15. The zero-order valence-electron chi connectivity index (χ0n) is 33.2. The fourth-order valence-electron chi connectivity index (χ4n) is 6.54. The summed E-state index contributed by atoms with van der Waals surface area (Å²) in [5, 5.41) is 9.34. The third-order valence-corrected chi connectivity index (χ3v) is 9.09. The molecule has 0 unspecified atom stereocenters. The van der Waals surface area contributed by atoms with Gasteiger partial charge < -0.3 is 10.5 Å². The van der Waals surface area contributed by atoms with Gasteiger partial charge in [-0.2, -0.15) is 10.2 Å². The van der Waals surface area contributed by atoms with E-state index >= 15 is 0 Å². The minimum atomic E-state index is -0.779. The molecule has 0 aliphatic carbocycles. The molecule has 59 heavy (non-hydrogen) atoms. The van der Waals surface area contributed by atoms with Crippen LogP contribution in [-0.4, -0.2) is 77.6 Å². The van der Waals surface area contributed by atoms with Crippen LogP contribution in [0.3, 0.4) is 0 Å². The highest BCUT2D eigenvalue weighted by Crippen LogP contribution is 2.23. The number of aryl methyl sites for hydroxylation is 3. The normalized spacial score (nSPS) is 11.4. The average Bonchev–Trinajstić information content (AvgIpc) is 3.81. The zero-order valence-corrected chi connectivity index (χ0v) is 33.2. The Morgan fingerprint density at radius 1 is 0.712 bits per heavy atom. The number of ether oxygens (including phenoxy) is 1. The van der Waals surface area contributed by atoms with Crippen molar-refractivity contribution in [2.75, 3.05) is 13.1 Å². The van der Waals surface area contributed by atoms with Gasteiger partial charge in [-0.05, 0) is 77.9 Å². The smallest absolute Gasteiger partial charge is 0.411 e. The van der Waals surface area contributed by atoms with Crippen LogP contribution in [0.5, 0.6) is 0 Å². The quantitative estimate of drug-likeness (QED) is 0.247. The minimum Gasteiger partial charge on any atom is -0.444 e. The molecule has 0 saturated heterocycles. The summed E-state index contributed by atoms with van der Waals surface area (Å²) in [7, 11) is 0. The van der Waals surface area contributed by atoms with Crippen molar-refractivity contribution in [3.63, 3.8) is 0 Å². The second-order valence-corrected chi connectivity index (χ2v) is 14.9. The van der Waals surface area contributed by atoms with Crippen molar-refractivity contribution in [3.05, 3.63) is 128 Å². The number of hydrogen-bond acceptors (Lipinski definition) is 11. The molecule has 0 fully saturated rings. The number of carbonyl (C=O) groups excluding carboxylic acids is 1. The van der Waals surface area contributed by atoms with E-state index < -0.39 is 11.7 Å². The lowest BCUT2D eigenvalue weighted by Crippen LogP contribution is -2.37. The number of nitrogens with zero attached hydrogens (tertiary/aromatic N) is 11. The van der Waals surface area contributed by atoms with E-state index in [1.807, 2.05) is 33.0 Å². The van der Waals surface area contributed by atoms with Gasteiger partial charge in [0.2, 0.25) is 0 Å². The van der Waals surface area contributed by atoms with Crippen LogP contribution in [0.2, 0.25) is 0 Å². The monoisotopic (exact) mass is 786 g/mol. The molecule has 0 spiro atoms. The highest BCUT2D eigenvalue weighted by atomic mass is 16.6. The number of nitrogens with two attached hydrogens (primary N) is 1. The molecular formula is C43H38N12O4. The molecule has 0 radical (unpaired) electrons. The van der Waals surface area contributed by atoms with E-state index in [2.05, 4.69) is 38.7 Å². The molecule has 8 heterocycles. The molecule has 0 aliphatic heterocycles. The lowest BCUT2D eigenvalue weighted by molar-refractivity contribution is 0.0259. The van der Waals surface area contributed by atoms with Crippen molar-refractivity contribution in [1.29, 1.82) is 0 Å². The molecule has 0 aliphatic rings. The van der Waals surface area contributed by atoms with Crippen LogP contribution < -0.4 is 16.9 Å². The number of carbonyl (C=O) groups is 1. The summed E-state index contributed by atoms with van der Waals surface area (Å²) < 4.78 is 12.0. The highest BCUT2D eigenvalue weighted by Gasteiger charge is 2.24. The second-order valence-electron chi connectivity index (χ2n) is 14.9. The Hall–Kier alpha value is -7.69. The fraction of sp³-hybridized carbons (Fsp3) is 0.233. The largest absolute Gasteiger partial charge is 0.444 e. The molecule has 0 saturated carbocycles. The Bertz CT molecular complexity index is 3260. The van der Waals surface area contributed by atoms with E-state index in [1.165, 1.54) is 25.8 Å². The maximum Gasteiger partial charge on any atom is 0.411 e. The van der Waals surface area contributed by atoms with Gasteiger partial charge in [-0.15, -0.1) is 0 Å². The van der Waals surface area contributed by atoms with Crippen molar-refractivity contribution in [2.45, 2.75) is 53.7 Å². The summed E-state index contributed by atoms with van der Waals surface area (Å²) in [5.74, 6) is 11.9. The molecular weight excluding hydrogens is 749 g/mol. The molecule has 1 amide bonds. The number of pyridine rings is 2. The van der Waals surface area contributed by atoms with Gasteiger partial charge >= 0.3 is 6.09 Å². The predicted molar refractivity (Wildman–Crippen MR) is 221 cm³/mol. The summed E-state index contributed by atoms with van der Waals surface area (Å²) in [5.41, 5.74) is 12.3. The Balaban J connectivity index is 1.08. The number of fused-ring (bicyclic) bond motifs is 4. The number of rotatable bonds is 5. The Kier molecular flexibility index (Phi) is 9.71. The topological polar surface area (TPSA) is 185 Å². The average molecular weight is 787 g/mol. The van der Waals surface area contributed by atoms with Crippen LogP contribution >= 0.6 is 0 Å². The van der Waals surface area contributed by atoms with E-state index in [1.54, 1.807) is 78.7 Å².